The Balaban J connectivity index is 1.90. The predicted molar refractivity (Wildman–Crippen MR) is 76.2 cm³/mol. The highest BCUT2D eigenvalue weighted by atomic mass is 32.2. The number of para-hydroxylation sites is 1. The number of phenols is 2. The Kier molecular flexibility index (Phi) is 4.40. The highest BCUT2D eigenvalue weighted by Gasteiger charge is 2.32. The fourth-order valence-electron chi connectivity index (χ4n) is 2.62. The molecule has 0 aliphatic heterocycles. The van der Waals surface area contributed by atoms with Crippen LogP contribution in [-0.2, 0) is 6.54 Å². The second-order valence-corrected chi connectivity index (χ2v) is 6.26. The second kappa shape index (κ2) is 5.85. The van der Waals surface area contributed by atoms with E-state index in [0.29, 0.717) is 11.3 Å². The van der Waals surface area contributed by atoms with E-state index in [2.05, 4.69) is 11.6 Å². The van der Waals surface area contributed by atoms with Crippen LogP contribution in [0.25, 0.3) is 0 Å². The topological polar surface area (TPSA) is 52.5 Å². The number of rotatable bonds is 5. The lowest BCUT2D eigenvalue weighted by Gasteiger charge is -2.27. The molecule has 0 aromatic heterocycles. The fourth-order valence-corrected chi connectivity index (χ4v) is 3.56. The summed E-state index contributed by atoms with van der Waals surface area (Å²) in [5.74, 6) is -0.0515. The van der Waals surface area contributed by atoms with E-state index in [1.807, 2.05) is 17.8 Å². The molecule has 1 aromatic carbocycles. The highest BCUT2D eigenvalue weighted by Crippen LogP contribution is 2.39. The fraction of sp³-hybridized carbons (Fsp3) is 0.571. The van der Waals surface area contributed by atoms with Gasteiger partial charge in [0.05, 0.1) is 0 Å². The van der Waals surface area contributed by atoms with Crippen LogP contribution in [0.4, 0.5) is 0 Å². The van der Waals surface area contributed by atoms with E-state index in [4.69, 9.17) is 0 Å². The molecule has 3 nitrogen and oxygen atoms in total. The minimum Gasteiger partial charge on any atom is -0.504 e. The molecule has 1 aliphatic rings. The van der Waals surface area contributed by atoms with Crippen LogP contribution in [0.3, 0.4) is 0 Å². The van der Waals surface area contributed by atoms with Gasteiger partial charge in [0, 0.05) is 23.4 Å². The van der Waals surface area contributed by atoms with Crippen molar-refractivity contribution in [1.82, 2.24) is 5.32 Å². The normalized spacial score (nSPS) is 18.1. The van der Waals surface area contributed by atoms with E-state index in [1.165, 1.54) is 31.7 Å². The molecule has 3 N–H and O–H groups in total. The van der Waals surface area contributed by atoms with Gasteiger partial charge in [-0.05, 0) is 25.2 Å². The van der Waals surface area contributed by atoms with Gasteiger partial charge in [-0.25, -0.2) is 0 Å². The standard InChI is InChI=1S/C14H21NO2S/c1-18-14(7-2-3-8-14)10-15-9-11-5-4-6-12(16)13(11)17/h4-6,15-17H,2-3,7-10H2,1H3. The Hall–Kier alpha value is -0.870. The van der Waals surface area contributed by atoms with Crippen LogP contribution in [0, 0.1) is 0 Å². The first-order valence-corrected chi connectivity index (χ1v) is 7.65. The van der Waals surface area contributed by atoms with Gasteiger partial charge < -0.3 is 15.5 Å². The third kappa shape index (κ3) is 2.93. The van der Waals surface area contributed by atoms with Crippen LogP contribution in [0.1, 0.15) is 31.2 Å². The van der Waals surface area contributed by atoms with E-state index in [0.717, 1.165) is 12.1 Å². The molecule has 1 aliphatic carbocycles. The molecule has 18 heavy (non-hydrogen) atoms. The molecule has 4 heteroatoms. The van der Waals surface area contributed by atoms with Crippen molar-refractivity contribution in [1.29, 1.82) is 0 Å². The van der Waals surface area contributed by atoms with Crippen LogP contribution in [-0.4, -0.2) is 27.8 Å². The van der Waals surface area contributed by atoms with Gasteiger partial charge in [-0.3, -0.25) is 0 Å². The largest absolute Gasteiger partial charge is 0.504 e. The van der Waals surface area contributed by atoms with Crippen molar-refractivity contribution in [3.63, 3.8) is 0 Å². The van der Waals surface area contributed by atoms with Crippen molar-refractivity contribution in [3.05, 3.63) is 23.8 Å². The van der Waals surface area contributed by atoms with Crippen LogP contribution in [0.2, 0.25) is 0 Å². The van der Waals surface area contributed by atoms with Crippen molar-refractivity contribution in [3.8, 4) is 11.5 Å². The van der Waals surface area contributed by atoms with Gasteiger partial charge in [0.2, 0.25) is 0 Å². The first kappa shape index (κ1) is 13.6. The number of benzene rings is 1. The van der Waals surface area contributed by atoms with Crippen molar-refractivity contribution in [2.45, 2.75) is 37.0 Å². The van der Waals surface area contributed by atoms with Gasteiger partial charge in [-0.15, -0.1) is 0 Å². The van der Waals surface area contributed by atoms with Gasteiger partial charge in [0.15, 0.2) is 11.5 Å². The minimum atomic E-state index is -0.0465. The van der Waals surface area contributed by atoms with Gasteiger partial charge in [-0.1, -0.05) is 25.0 Å². The average Bonchev–Trinajstić information content (AvgIpc) is 2.84. The third-order valence-electron chi connectivity index (χ3n) is 3.81. The summed E-state index contributed by atoms with van der Waals surface area (Å²) >= 11 is 1.95. The molecule has 0 amide bonds. The van der Waals surface area contributed by atoms with Gasteiger partial charge in [0.1, 0.15) is 0 Å². The Morgan fingerprint density at radius 3 is 2.67 bits per heavy atom. The van der Waals surface area contributed by atoms with Gasteiger partial charge in [0.25, 0.3) is 0 Å². The summed E-state index contributed by atoms with van der Waals surface area (Å²) in [6.07, 6.45) is 7.36. The zero-order valence-corrected chi connectivity index (χ0v) is 11.6. The summed E-state index contributed by atoms with van der Waals surface area (Å²) in [7, 11) is 0. The first-order valence-electron chi connectivity index (χ1n) is 6.42. The molecule has 100 valence electrons. The molecule has 1 aromatic rings. The molecule has 0 atom stereocenters. The zero-order chi connectivity index (χ0) is 13.0. The molecule has 0 radical (unpaired) electrons. The lowest BCUT2D eigenvalue weighted by Crippen LogP contribution is -2.34. The number of thioether (sulfide) groups is 1. The van der Waals surface area contributed by atoms with Gasteiger partial charge >= 0.3 is 0 Å². The number of aromatic hydroxyl groups is 2. The molecule has 0 unspecified atom stereocenters. The maximum absolute atomic E-state index is 9.72. The van der Waals surface area contributed by atoms with Gasteiger partial charge in [-0.2, -0.15) is 11.8 Å². The lowest BCUT2D eigenvalue weighted by molar-refractivity contribution is 0.397. The average molecular weight is 267 g/mol. The molecular weight excluding hydrogens is 246 g/mol. The molecule has 0 bridgehead atoms. The Labute approximate surface area is 113 Å². The van der Waals surface area contributed by atoms with Crippen molar-refractivity contribution in [2.75, 3.05) is 12.8 Å². The Bertz CT molecular complexity index is 403. The summed E-state index contributed by atoms with van der Waals surface area (Å²) in [4.78, 5) is 0. The summed E-state index contributed by atoms with van der Waals surface area (Å²) in [6.45, 7) is 1.56. The van der Waals surface area contributed by atoms with Crippen molar-refractivity contribution >= 4 is 11.8 Å². The van der Waals surface area contributed by atoms with E-state index in [-0.39, 0.29) is 11.5 Å². The molecule has 1 saturated carbocycles. The van der Waals surface area contributed by atoms with E-state index >= 15 is 0 Å². The lowest BCUT2D eigenvalue weighted by atomic mass is 10.1. The van der Waals surface area contributed by atoms with Crippen LogP contribution < -0.4 is 5.32 Å². The quantitative estimate of drug-likeness (QED) is 0.718. The second-order valence-electron chi connectivity index (χ2n) is 4.98. The maximum atomic E-state index is 9.72. The Morgan fingerprint density at radius 1 is 1.28 bits per heavy atom. The SMILES string of the molecule is CSC1(CNCc2cccc(O)c2O)CCCC1. The summed E-state index contributed by atoms with van der Waals surface area (Å²) < 4.78 is 0.368. The minimum absolute atomic E-state index is 0.00498. The monoisotopic (exact) mass is 267 g/mol. The number of hydrogen-bond acceptors (Lipinski definition) is 4. The van der Waals surface area contributed by atoms with Crippen LogP contribution >= 0.6 is 11.8 Å². The maximum Gasteiger partial charge on any atom is 0.161 e. The molecule has 0 saturated heterocycles. The number of phenolic OH excluding ortho intramolecular Hbond substituents is 2. The van der Waals surface area contributed by atoms with Crippen molar-refractivity contribution < 1.29 is 10.2 Å². The van der Waals surface area contributed by atoms with E-state index < -0.39 is 0 Å². The van der Waals surface area contributed by atoms with E-state index in [1.54, 1.807) is 6.07 Å². The number of hydrogen-bond donors (Lipinski definition) is 3. The first-order chi connectivity index (χ1) is 8.67. The van der Waals surface area contributed by atoms with Crippen LogP contribution in [0.15, 0.2) is 18.2 Å². The molecule has 2 rings (SSSR count). The summed E-state index contributed by atoms with van der Waals surface area (Å²) in [6, 6.07) is 5.09. The van der Waals surface area contributed by atoms with Crippen LogP contribution in [0.5, 0.6) is 11.5 Å². The molecule has 0 spiro atoms. The summed E-state index contributed by atoms with van der Waals surface area (Å²) in [5.41, 5.74) is 0.754. The molecular formula is C14H21NO2S. The smallest absolute Gasteiger partial charge is 0.161 e. The third-order valence-corrected chi connectivity index (χ3v) is 5.23. The molecule has 0 heterocycles. The predicted octanol–water partition coefficient (Wildman–Crippen LogP) is 2.86. The highest BCUT2D eigenvalue weighted by molar-refractivity contribution is 8.00. The summed E-state index contributed by atoms with van der Waals surface area (Å²) in [5, 5.41) is 22.6. The number of nitrogens with one attached hydrogen (secondary N) is 1. The Morgan fingerprint density at radius 2 is 2.00 bits per heavy atom. The zero-order valence-electron chi connectivity index (χ0n) is 10.8. The molecule has 1 fully saturated rings. The van der Waals surface area contributed by atoms with E-state index in [9.17, 15) is 10.2 Å². The van der Waals surface area contributed by atoms with Crippen molar-refractivity contribution in [2.24, 2.45) is 0 Å².